The fourth-order valence-corrected chi connectivity index (χ4v) is 4.56. The number of nitrogen functional groups attached to an aromatic ring is 1. The van der Waals surface area contributed by atoms with Gasteiger partial charge in [-0.25, -0.2) is 0 Å². The fourth-order valence-electron chi connectivity index (χ4n) is 4.56. The zero-order valence-corrected chi connectivity index (χ0v) is 14.8. The number of piperazine rings is 1. The first-order valence-electron chi connectivity index (χ1n) is 9.57. The lowest BCUT2D eigenvalue weighted by Gasteiger charge is -2.38. The molecule has 4 rings (SSSR count). The van der Waals surface area contributed by atoms with Gasteiger partial charge < -0.3 is 20.9 Å². The molecule has 1 unspecified atom stereocenters. The van der Waals surface area contributed by atoms with Crippen LogP contribution in [0, 0.1) is 5.92 Å². The molecule has 0 spiro atoms. The molecule has 0 bridgehead atoms. The Hall–Kier alpha value is -1.56. The number of nitrogens with two attached hydrogens (primary N) is 1. The van der Waals surface area contributed by atoms with Crippen LogP contribution >= 0.6 is 0 Å². The van der Waals surface area contributed by atoms with E-state index in [9.17, 15) is 0 Å². The second-order valence-corrected chi connectivity index (χ2v) is 7.71. The molecule has 1 saturated carbocycles. The van der Waals surface area contributed by atoms with Crippen LogP contribution in [-0.2, 0) is 6.42 Å². The normalized spacial score (nSPS) is 26.0. The average molecular weight is 330 g/mol. The summed E-state index contributed by atoms with van der Waals surface area (Å²) in [6.45, 7) is 4.20. The highest BCUT2D eigenvalue weighted by atomic mass is 15.3. The Morgan fingerprint density at radius 3 is 2.50 bits per heavy atom. The molecule has 0 radical (unpaired) electrons. The zero-order valence-electron chi connectivity index (χ0n) is 14.8. The topological polar surface area (TPSA) is 70.3 Å². The lowest BCUT2D eigenvalue weighted by Crippen LogP contribution is -2.45. The van der Waals surface area contributed by atoms with Crippen molar-refractivity contribution in [2.45, 2.75) is 51.0 Å². The quantitative estimate of drug-likeness (QED) is 0.865. The van der Waals surface area contributed by atoms with Crippen molar-refractivity contribution in [1.29, 1.82) is 0 Å². The summed E-state index contributed by atoms with van der Waals surface area (Å²) in [4.78, 5) is 13.9. The largest absolute Gasteiger partial charge is 0.368 e. The highest BCUT2D eigenvalue weighted by molar-refractivity contribution is 5.63. The van der Waals surface area contributed by atoms with E-state index in [1.54, 1.807) is 0 Å². The van der Waals surface area contributed by atoms with Gasteiger partial charge in [0.2, 0.25) is 5.95 Å². The average Bonchev–Trinajstić information content (AvgIpc) is 2.62. The van der Waals surface area contributed by atoms with Crippen LogP contribution in [0.5, 0.6) is 0 Å². The summed E-state index contributed by atoms with van der Waals surface area (Å²) in [6.07, 6.45) is 9.17. The van der Waals surface area contributed by atoms with Crippen LogP contribution in [0.3, 0.4) is 0 Å². The maximum absolute atomic E-state index is 6.04. The second kappa shape index (κ2) is 6.75. The van der Waals surface area contributed by atoms with Crippen molar-refractivity contribution in [3.05, 3.63) is 5.56 Å². The van der Waals surface area contributed by atoms with Crippen LogP contribution in [0.15, 0.2) is 0 Å². The van der Waals surface area contributed by atoms with Crippen LogP contribution in [0.4, 0.5) is 17.6 Å². The number of aromatic nitrogens is 2. The first-order valence-corrected chi connectivity index (χ1v) is 9.57. The van der Waals surface area contributed by atoms with Crippen LogP contribution in [0.25, 0.3) is 0 Å². The van der Waals surface area contributed by atoms with Gasteiger partial charge in [0, 0.05) is 37.8 Å². The van der Waals surface area contributed by atoms with Gasteiger partial charge in [0.05, 0.1) is 0 Å². The van der Waals surface area contributed by atoms with E-state index in [1.807, 2.05) is 0 Å². The molecule has 0 aromatic carbocycles. The number of rotatable bonds is 2. The summed E-state index contributed by atoms with van der Waals surface area (Å²) in [7, 11) is 2.18. The molecule has 6 nitrogen and oxygen atoms in total. The molecule has 3 heterocycles. The lowest BCUT2D eigenvalue weighted by atomic mass is 9.80. The maximum atomic E-state index is 6.04. The molecule has 1 atom stereocenters. The van der Waals surface area contributed by atoms with E-state index in [0.29, 0.717) is 12.0 Å². The molecule has 24 heavy (non-hydrogen) atoms. The SMILES string of the molecule is CN1CCN(c2nc(N)nc3c2CCC(C2CCCCC2)N3)CC1. The summed E-state index contributed by atoms with van der Waals surface area (Å²) in [5.74, 6) is 3.27. The number of likely N-dealkylation sites (N-methyl/N-ethyl adjacent to an activating group) is 1. The molecule has 3 N–H and O–H groups in total. The van der Waals surface area contributed by atoms with Crippen molar-refractivity contribution < 1.29 is 0 Å². The van der Waals surface area contributed by atoms with Crippen LogP contribution < -0.4 is 16.0 Å². The van der Waals surface area contributed by atoms with Crippen molar-refractivity contribution in [3.8, 4) is 0 Å². The Morgan fingerprint density at radius 2 is 1.75 bits per heavy atom. The second-order valence-electron chi connectivity index (χ2n) is 7.71. The van der Waals surface area contributed by atoms with Crippen molar-refractivity contribution in [2.75, 3.05) is 49.2 Å². The van der Waals surface area contributed by atoms with E-state index < -0.39 is 0 Å². The molecule has 6 heteroatoms. The number of fused-ring (bicyclic) bond motifs is 1. The summed E-state index contributed by atoms with van der Waals surface area (Å²) in [5, 5.41) is 3.73. The van der Waals surface area contributed by atoms with E-state index in [0.717, 1.165) is 50.2 Å². The summed E-state index contributed by atoms with van der Waals surface area (Å²) in [5.41, 5.74) is 7.32. The molecule has 3 aliphatic rings. The Bertz CT molecular complexity index is 575. The van der Waals surface area contributed by atoms with Gasteiger partial charge in [-0.15, -0.1) is 0 Å². The maximum Gasteiger partial charge on any atom is 0.223 e. The van der Waals surface area contributed by atoms with Gasteiger partial charge in [0.15, 0.2) is 0 Å². The summed E-state index contributed by atoms with van der Waals surface area (Å²) < 4.78 is 0. The molecule has 132 valence electrons. The Balaban J connectivity index is 1.55. The van der Waals surface area contributed by atoms with Gasteiger partial charge >= 0.3 is 0 Å². The number of anilines is 3. The van der Waals surface area contributed by atoms with Gasteiger partial charge in [0.25, 0.3) is 0 Å². The minimum atomic E-state index is 0.402. The van der Waals surface area contributed by atoms with E-state index in [2.05, 4.69) is 32.1 Å². The standard InChI is InChI=1S/C18H30N6/c1-23-9-11-24(12-10-23)17-14-7-8-15(13-5-3-2-4-6-13)20-16(14)21-18(19)22-17/h13,15H,2-12H2,1H3,(H3,19,20,21,22). The van der Waals surface area contributed by atoms with E-state index in [4.69, 9.17) is 5.73 Å². The van der Waals surface area contributed by atoms with Gasteiger partial charge in [-0.3, -0.25) is 0 Å². The molecule has 1 aromatic rings. The van der Waals surface area contributed by atoms with Gasteiger partial charge in [-0.2, -0.15) is 9.97 Å². The molecular weight excluding hydrogens is 300 g/mol. The zero-order chi connectivity index (χ0) is 16.5. The van der Waals surface area contributed by atoms with Crippen molar-refractivity contribution in [2.24, 2.45) is 5.92 Å². The smallest absolute Gasteiger partial charge is 0.223 e. The Kier molecular flexibility index (Phi) is 4.48. The van der Waals surface area contributed by atoms with E-state index >= 15 is 0 Å². The summed E-state index contributed by atoms with van der Waals surface area (Å²) in [6, 6.07) is 0.562. The third-order valence-corrected chi connectivity index (χ3v) is 6.05. The monoisotopic (exact) mass is 330 g/mol. The Labute approximate surface area is 144 Å². The minimum absolute atomic E-state index is 0.402. The molecule has 1 aliphatic carbocycles. The fraction of sp³-hybridized carbons (Fsp3) is 0.778. The lowest BCUT2D eigenvalue weighted by molar-refractivity contribution is 0.303. The molecule has 1 aromatic heterocycles. The van der Waals surface area contributed by atoms with E-state index in [-0.39, 0.29) is 0 Å². The first-order chi connectivity index (χ1) is 11.7. The molecular formula is C18H30N6. The molecule has 2 fully saturated rings. The number of nitrogens with zero attached hydrogens (tertiary/aromatic N) is 4. The van der Waals surface area contributed by atoms with Gasteiger partial charge in [0.1, 0.15) is 11.6 Å². The highest BCUT2D eigenvalue weighted by Gasteiger charge is 2.31. The predicted molar refractivity (Wildman–Crippen MR) is 98.5 cm³/mol. The minimum Gasteiger partial charge on any atom is -0.368 e. The number of hydrogen-bond acceptors (Lipinski definition) is 6. The van der Waals surface area contributed by atoms with E-state index in [1.165, 1.54) is 44.1 Å². The molecule has 0 amide bonds. The van der Waals surface area contributed by atoms with Crippen molar-refractivity contribution in [1.82, 2.24) is 14.9 Å². The predicted octanol–water partition coefficient (Wildman–Crippen LogP) is 2.12. The Morgan fingerprint density at radius 1 is 1.00 bits per heavy atom. The molecule has 2 aliphatic heterocycles. The first kappa shape index (κ1) is 15.9. The van der Waals surface area contributed by atoms with Crippen molar-refractivity contribution in [3.63, 3.8) is 0 Å². The van der Waals surface area contributed by atoms with Crippen LogP contribution in [0.1, 0.15) is 44.1 Å². The van der Waals surface area contributed by atoms with Crippen molar-refractivity contribution >= 4 is 17.6 Å². The number of nitrogens with one attached hydrogen (secondary N) is 1. The molecule has 1 saturated heterocycles. The highest BCUT2D eigenvalue weighted by Crippen LogP contribution is 2.37. The van der Waals surface area contributed by atoms with Gasteiger partial charge in [-0.05, 0) is 38.6 Å². The van der Waals surface area contributed by atoms with Gasteiger partial charge in [-0.1, -0.05) is 19.3 Å². The third-order valence-electron chi connectivity index (χ3n) is 6.05. The van der Waals surface area contributed by atoms with Crippen LogP contribution in [0.2, 0.25) is 0 Å². The third kappa shape index (κ3) is 3.16. The number of hydrogen-bond donors (Lipinski definition) is 2. The summed E-state index contributed by atoms with van der Waals surface area (Å²) >= 11 is 0. The van der Waals surface area contributed by atoms with Crippen LogP contribution in [-0.4, -0.2) is 54.1 Å².